The number of nitrogens with two attached hydrogens (primary N) is 1. The van der Waals surface area contributed by atoms with Crippen LogP contribution in [-0.2, 0) is 6.61 Å². The zero-order valence-corrected chi connectivity index (χ0v) is 12.4. The lowest BCUT2D eigenvalue weighted by Gasteiger charge is -2.10. The third-order valence-electron chi connectivity index (χ3n) is 3.29. The molecule has 0 saturated heterocycles. The molecule has 0 aromatic heterocycles. The first-order valence-electron chi connectivity index (χ1n) is 7.20. The van der Waals surface area contributed by atoms with Gasteiger partial charge in [-0.25, -0.2) is 4.39 Å². The predicted molar refractivity (Wildman–Crippen MR) is 88.1 cm³/mol. The summed E-state index contributed by atoms with van der Waals surface area (Å²) in [6.45, 7) is 0.381. The van der Waals surface area contributed by atoms with Gasteiger partial charge >= 0.3 is 0 Å². The maximum Gasteiger partial charge on any atom is 0.150 e. The number of hydrogen-bond acceptors (Lipinski definition) is 3. The normalized spacial score (nSPS) is 10.3. The van der Waals surface area contributed by atoms with Gasteiger partial charge in [-0.3, -0.25) is 0 Å². The molecule has 0 heterocycles. The van der Waals surface area contributed by atoms with Crippen LogP contribution in [0.15, 0.2) is 72.8 Å². The first kappa shape index (κ1) is 14.9. The van der Waals surface area contributed by atoms with Gasteiger partial charge in [-0.15, -0.1) is 0 Å². The Balaban J connectivity index is 1.61. The van der Waals surface area contributed by atoms with Crippen LogP contribution in [0, 0.1) is 5.82 Å². The zero-order valence-electron chi connectivity index (χ0n) is 12.4. The van der Waals surface area contributed by atoms with Crippen molar-refractivity contribution in [3.8, 4) is 17.2 Å². The summed E-state index contributed by atoms with van der Waals surface area (Å²) in [5.74, 6) is 1.75. The lowest BCUT2D eigenvalue weighted by atomic mass is 10.2. The van der Waals surface area contributed by atoms with E-state index in [9.17, 15) is 4.39 Å². The zero-order chi connectivity index (χ0) is 16.1. The summed E-state index contributed by atoms with van der Waals surface area (Å²) >= 11 is 0. The van der Waals surface area contributed by atoms with Crippen molar-refractivity contribution < 1.29 is 13.9 Å². The molecule has 0 fully saturated rings. The molecule has 0 radical (unpaired) electrons. The molecule has 3 aromatic carbocycles. The fourth-order valence-electron chi connectivity index (χ4n) is 2.05. The quantitative estimate of drug-likeness (QED) is 0.690. The maximum absolute atomic E-state index is 12.8. The molecule has 0 atom stereocenters. The van der Waals surface area contributed by atoms with Crippen molar-refractivity contribution in [2.24, 2.45) is 0 Å². The molecule has 0 amide bonds. The lowest BCUT2D eigenvalue weighted by Crippen LogP contribution is -1.95. The first-order valence-corrected chi connectivity index (χ1v) is 7.20. The summed E-state index contributed by atoms with van der Waals surface area (Å²) in [5.41, 5.74) is 7.34. The predicted octanol–water partition coefficient (Wildman–Crippen LogP) is 4.78. The molecule has 0 aliphatic rings. The fraction of sp³-hybridized carbons (Fsp3) is 0.0526. The van der Waals surface area contributed by atoms with Gasteiger partial charge < -0.3 is 15.2 Å². The van der Waals surface area contributed by atoms with Crippen molar-refractivity contribution >= 4 is 5.69 Å². The summed E-state index contributed by atoms with van der Waals surface area (Å²) in [5, 5.41) is 0. The molecule has 23 heavy (non-hydrogen) atoms. The minimum absolute atomic E-state index is 0.254. The van der Waals surface area contributed by atoms with Crippen molar-refractivity contribution in [2.75, 3.05) is 5.73 Å². The molecule has 0 bridgehead atoms. The van der Waals surface area contributed by atoms with Gasteiger partial charge in [0.25, 0.3) is 0 Å². The highest BCUT2D eigenvalue weighted by atomic mass is 19.1. The molecular weight excluding hydrogens is 293 g/mol. The van der Waals surface area contributed by atoms with Crippen molar-refractivity contribution in [1.29, 1.82) is 0 Å². The number of halogens is 1. The molecule has 0 spiro atoms. The van der Waals surface area contributed by atoms with Gasteiger partial charge in [0.1, 0.15) is 29.7 Å². The number of para-hydroxylation sites is 2. The topological polar surface area (TPSA) is 44.5 Å². The molecule has 3 rings (SSSR count). The molecule has 4 heteroatoms. The smallest absolute Gasteiger partial charge is 0.150 e. The Morgan fingerprint density at radius 2 is 1.43 bits per heavy atom. The first-order chi connectivity index (χ1) is 11.2. The van der Waals surface area contributed by atoms with E-state index in [1.807, 2.05) is 42.5 Å². The van der Waals surface area contributed by atoms with Crippen LogP contribution in [0.3, 0.4) is 0 Å². The second-order valence-electron chi connectivity index (χ2n) is 5.03. The van der Waals surface area contributed by atoms with E-state index < -0.39 is 0 Å². The van der Waals surface area contributed by atoms with E-state index >= 15 is 0 Å². The molecule has 0 aliphatic carbocycles. The van der Waals surface area contributed by atoms with Crippen LogP contribution in [0.5, 0.6) is 17.2 Å². The second-order valence-corrected chi connectivity index (χ2v) is 5.03. The van der Waals surface area contributed by atoms with E-state index in [-0.39, 0.29) is 5.82 Å². The van der Waals surface area contributed by atoms with E-state index in [1.54, 1.807) is 18.2 Å². The van der Waals surface area contributed by atoms with E-state index in [0.29, 0.717) is 29.5 Å². The van der Waals surface area contributed by atoms with E-state index in [1.165, 1.54) is 12.1 Å². The molecule has 2 N–H and O–H groups in total. The Bertz CT molecular complexity index is 770. The average Bonchev–Trinajstić information content (AvgIpc) is 2.58. The summed E-state index contributed by atoms with van der Waals surface area (Å²) < 4.78 is 24.2. The number of hydrogen-bond donors (Lipinski definition) is 1. The number of ether oxygens (including phenoxy) is 2. The Hall–Kier alpha value is -3.01. The van der Waals surface area contributed by atoms with Gasteiger partial charge in [-0.2, -0.15) is 0 Å². The minimum Gasteiger partial charge on any atom is -0.489 e. The lowest BCUT2D eigenvalue weighted by molar-refractivity contribution is 0.305. The van der Waals surface area contributed by atoms with Crippen molar-refractivity contribution in [2.45, 2.75) is 6.61 Å². The highest BCUT2D eigenvalue weighted by Crippen LogP contribution is 2.28. The SMILES string of the molecule is Nc1ccccc1Oc1ccc(OCc2ccc(F)cc2)cc1. The van der Waals surface area contributed by atoms with Gasteiger partial charge in [0.15, 0.2) is 0 Å². The van der Waals surface area contributed by atoms with E-state index in [2.05, 4.69) is 0 Å². The molecule has 116 valence electrons. The third-order valence-corrected chi connectivity index (χ3v) is 3.29. The Labute approximate surface area is 134 Å². The molecule has 0 saturated carbocycles. The molecule has 3 nitrogen and oxygen atoms in total. The van der Waals surface area contributed by atoms with Crippen LogP contribution in [0.1, 0.15) is 5.56 Å². The van der Waals surface area contributed by atoms with Crippen LogP contribution < -0.4 is 15.2 Å². The number of rotatable bonds is 5. The highest BCUT2D eigenvalue weighted by Gasteiger charge is 2.02. The van der Waals surface area contributed by atoms with Crippen LogP contribution >= 0.6 is 0 Å². The van der Waals surface area contributed by atoms with Gasteiger partial charge in [0.2, 0.25) is 0 Å². The fourth-order valence-corrected chi connectivity index (χ4v) is 2.05. The Morgan fingerprint density at radius 1 is 0.783 bits per heavy atom. The van der Waals surface area contributed by atoms with Crippen molar-refractivity contribution in [1.82, 2.24) is 0 Å². The van der Waals surface area contributed by atoms with Gasteiger partial charge in [0, 0.05) is 0 Å². The summed E-state index contributed by atoms with van der Waals surface area (Å²) in [6, 6.07) is 20.8. The van der Waals surface area contributed by atoms with Crippen molar-refractivity contribution in [3.05, 3.63) is 84.2 Å². The van der Waals surface area contributed by atoms with E-state index in [0.717, 1.165) is 5.56 Å². The Morgan fingerprint density at radius 3 is 2.13 bits per heavy atom. The molecule has 0 unspecified atom stereocenters. The summed E-state index contributed by atoms with van der Waals surface area (Å²) in [7, 11) is 0. The van der Waals surface area contributed by atoms with Crippen LogP contribution in [0.2, 0.25) is 0 Å². The molecular formula is C19H16FNO2. The summed E-state index contributed by atoms with van der Waals surface area (Å²) in [4.78, 5) is 0. The maximum atomic E-state index is 12.8. The highest BCUT2D eigenvalue weighted by molar-refractivity contribution is 5.53. The minimum atomic E-state index is -0.254. The van der Waals surface area contributed by atoms with Crippen LogP contribution in [0.25, 0.3) is 0 Å². The van der Waals surface area contributed by atoms with Crippen LogP contribution in [-0.4, -0.2) is 0 Å². The van der Waals surface area contributed by atoms with Gasteiger partial charge in [-0.05, 0) is 54.1 Å². The average molecular weight is 309 g/mol. The monoisotopic (exact) mass is 309 g/mol. The largest absolute Gasteiger partial charge is 0.489 e. The van der Waals surface area contributed by atoms with Gasteiger partial charge in [-0.1, -0.05) is 24.3 Å². The third kappa shape index (κ3) is 4.01. The van der Waals surface area contributed by atoms with Gasteiger partial charge in [0.05, 0.1) is 5.69 Å². The standard InChI is InChI=1S/C19H16FNO2/c20-15-7-5-14(6-8-15)13-22-16-9-11-17(12-10-16)23-19-4-2-1-3-18(19)21/h1-12H,13,21H2. The molecule has 0 aliphatic heterocycles. The second kappa shape index (κ2) is 6.83. The number of nitrogen functional groups attached to an aromatic ring is 1. The number of anilines is 1. The van der Waals surface area contributed by atoms with Crippen molar-refractivity contribution in [3.63, 3.8) is 0 Å². The number of benzene rings is 3. The Kier molecular flexibility index (Phi) is 4.43. The summed E-state index contributed by atoms with van der Waals surface area (Å²) in [6.07, 6.45) is 0. The van der Waals surface area contributed by atoms with E-state index in [4.69, 9.17) is 15.2 Å². The molecule has 3 aromatic rings. The van der Waals surface area contributed by atoms with Crippen LogP contribution in [0.4, 0.5) is 10.1 Å².